The SMILES string of the molecule is CC(C)C(=O)N1CCN(c2ccc(N3CCCCC3)nn2)CC1. The third-order valence-corrected chi connectivity index (χ3v) is 4.73. The first-order valence-corrected chi connectivity index (χ1v) is 8.77. The van der Waals surface area contributed by atoms with Crippen LogP contribution in [0.4, 0.5) is 11.6 Å². The van der Waals surface area contributed by atoms with Crippen molar-refractivity contribution >= 4 is 17.5 Å². The molecule has 1 aromatic rings. The second kappa shape index (κ2) is 7.15. The number of carbonyl (C=O) groups is 1. The summed E-state index contributed by atoms with van der Waals surface area (Å²) in [5, 5.41) is 8.83. The molecule has 2 saturated heterocycles. The number of nitrogens with zero attached hydrogens (tertiary/aromatic N) is 5. The average Bonchev–Trinajstić information content (AvgIpc) is 2.62. The Kier molecular flexibility index (Phi) is 4.98. The first-order chi connectivity index (χ1) is 11.1. The van der Waals surface area contributed by atoms with Gasteiger partial charge in [0.1, 0.15) is 0 Å². The Morgan fingerprint density at radius 3 is 1.87 bits per heavy atom. The number of hydrogen-bond acceptors (Lipinski definition) is 5. The van der Waals surface area contributed by atoms with E-state index < -0.39 is 0 Å². The van der Waals surface area contributed by atoms with Crippen LogP contribution in [0.3, 0.4) is 0 Å². The standard InChI is InChI=1S/C17H27N5O/c1-14(2)17(23)22-12-10-21(11-13-22)16-7-6-15(18-19-16)20-8-4-3-5-9-20/h6-7,14H,3-5,8-13H2,1-2H3. The highest BCUT2D eigenvalue weighted by atomic mass is 16.2. The number of piperidine rings is 1. The number of amides is 1. The molecule has 0 aliphatic carbocycles. The zero-order valence-electron chi connectivity index (χ0n) is 14.2. The summed E-state index contributed by atoms with van der Waals surface area (Å²) in [7, 11) is 0. The maximum absolute atomic E-state index is 12.0. The molecule has 0 radical (unpaired) electrons. The lowest BCUT2D eigenvalue weighted by molar-refractivity contribution is -0.134. The van der Waals surface area contributed by atoms with Gasteiger partial charge in [-0.25, -0.2) is 0 Å². The summed E-state index contributed by atoms with van der Waals surface area (Å²) >= 11 is 0. The van der Waals surface area contributed by atoms with Crippen molar-refractivity contribution in [3.63, 3.8) is 0 Å². The van der Waals surface area contributed by atoms with Crippen LogP contribution < -0.4 is 9.80 Å². The molecule has 126 valence electrons. The van der Waals surface area contributed by atoms with Gasteiger partial charge in [-0.3, -0.25) is 4.79 Å². The summed E-state index contributed by atoms with van der Waals surface area (Å²) in [5.41, 5.74) is 0. The van der Waals surface area contributed by atoms with E-state index in [1.807, 2.05) is 18.7 Å². The summed E-state index contributed by atoms with van der Waals surface area (Å²) in [6, 6.07) is 4.15. The largest absolute Gasteiger partial charge is 0.355 e. The predicted molar refractivity (Wildman–Crippen MR) is 91.7 cm³/mol. The highest BCUT2D eigenvalue weighted by Gasteiger charge is 2.23. The van der Waals surface area contributed by atoms with Crippen molar-refractivity contribution < 1.29 is 4.79 Å². The van der Waals surface area contributed by atoms with Crippen LogP contribution in [0.15, 0.2) is 12.1 Å². The van der Waals surface area contributed by atoms with E-state index in [0.717, 1.165) is 50.9 Å². The van der Waals surface area contributed by atoms with Crippen molar-refractivity contribution in [3.05, 3.63) is 12.1 Å². The van der Waals surface area contributed by atoms with E-state index in [9.17, 15) is 4.79 Å². The predicted octanol–water partition coefficient (Wildman–Crippen LogP) is 1.77. The van der Waals surface area contributed by atoms with E-state index in [1.165, 1.54) is 19.3 Å². The lowest BCUT2D eigenvalue weighted by Crippen LogP contribution is -2.50. The van der Waals surface area contributed by atoms with Crippen LogP contribution in [-0.2, 0) is 4.79 Å². The normalized spacial score (nSPS) is 19.3. The maximum atomic E-state index is 12.0. The van der Waals surface area contributed by atoms with Gasteiger partial charge in [0.2, 0.25) is 5.91 Å². The molecule has 2 aliphatic rings. The molecule has 0 bridgehead atoms. The highest BCUT2D eigenvalue weighted by molar-refractivity contribution is 5.78. The molecule has 0 N–H and O–H groups in total. The van der Waals surface area contributed by atoms with Crippen molar-refractivity contribution in [2.75, 3.05) is 49.1 Å². The van der Waals surface area contributed by atoms with Gasteiger partial charge in [0.05, 0.1) is 0 Å². The molecule has 6 heteroatoms. The van der Waals surface area contributed by atoms with E-state index in [4.69, 9.17) is 0 Å². The van der Waals surface area contributed by atoms with Gasteiger partial charge < -0.3 is 14.7 Å². The van der Waals surface area contributed by atoms with Crippen LogP contribution in [-0.4, -0.2) is 60.3 Å². The monoisotopic (exact) mass is 317 g/mol. The number of rotatable bonds is 3. The van der Waals surface area contributed by atoms with E-state index in [-0.39, 0.29) is 11.8 Å². The fourth-order valence-corrected chi connectivity index (χ4v) is 3.30. The topological polar surface area (TPSA) is 52.6 Å². The molecule has 0 saturated carbocycles. The molecular weight excluding hydrogens is 290 g/mol. The van der Waals surface area contributed by atoms with Crippen LogP contribution in [0.25, 0.3) is 0 Å². The number of aromatic nitrogens is 2. The summed E-state index contributed by atoms with van der Waals surface area (Å²) in [6.45, 7) is 9.29. The van der Waals surface area contributed by atoms with Crippen molar-refractivity contribution in [1.82, 2.24) is 15.1 Å². The third-order valence-electron chi connectivity index (χ3n) is 4.73. The lowest BCUT2D eigenvalue weighted by Gasteiger charge is -2.36. The van der Waals surface area contributed by atoms with E-state index in [2.05, 4.69) is 32.1 Å². The second-order valence-electron chi connectivity index (χ2n) is 6.76. The van der Waals surface area contributed by atoms with Crippen LogP contribution in [0.5, 0.6) is 0 Å². The van der Waals surface area contributed by atoms with Gasteiger partial charge >= 0.3 is 0 Å². The minimum absolute atomic E-state index is 0.0742. The Balaban J connectivity index is 1.57. The summed E-state index contributed by atoms with van der Waals surface area (Å²) < 4.78 is 0. The molecule has 1 amide bonds. The maximum Gasteiger partial charge on any atom is 0.225 e. The smallest absolute Gasteiger partial charge is 0.225 e. The quantitative estimate of drug-likeness (QED) is 0.850. The molecule has 3 rings (SSSR count). The number of carbonyl (C=O) groups excluding carboxylic acids is 1. The number of hydrogen-bond donors (Lipinski definition) is 0. The summed E-state index contributed by atoms with van der Waals surface area (Å²) in [4.78, 5) is 18.5. The first kappa shape index (κ1) is 16.0. The van der Waals surface area contributed by atoms with E-state index >= 15 is 0 Å². The average molecular weight is 317 g/mol. The number of piperazine rings is 1. The van der Waals surface area contributed by atoms with Crippen LogP contribution in [0, 0.1) is 5.92 Å². The molecule has 0 spiro atoms. The third kappa shape index (κ3) is 3.74. The van der Waals surface area contributed by atoms with Crippen LogP contribution >= 0.6 is 0 Å². The van der Waals surface area contributed by atoms with Crippen LogP contribution in [0.1, 0.15) is 33.1 Å². The van der Waals surface area contributed by atoms with Gasteiger partial charge in [0.15, 0.2) is 11.6 Å². The molecule has 0 aromatic carbocycles. The van der Waals surface area contributed by atoms with Crippen molar-refractivity contribution in [2.45, 2.75) is 33.1 Å². The summed E-state index contributed by atoms with van der Waals surface area (Å²) in [5.74, 6) is 2.23. The molecule has 6 nitrogen and oxygen atoms in total. The Hall–Kier alpha value is -1.85. The van der Waals surface area contributed by atoms with Gasteiger partial charge in [-0.1, -0.05) is 13.8 Å². The Labute approximate surface area is 138 Å². The Morgan fingerprint density at radius 1 is 0.870 bits per heavy atom. The van der Waals surface area contributed by atoms with E-state index in [0.29, 0.717) is 0 Å². The molecule has 1 aromatic heterocycles. The van der Waals surface area contributed by atoms with Crippen LogP contribution in [0.2, 0.25) is 0 Å². The molecule has 0 unspecified atom stereocenters. The molecule has 2 fully saturated rings. The Bertz CT molecular complexity index is 516. The minimum Gasteiger partial charge on any atom is -0.355 e. The molecule has 23 heavy (non-hydrogen) atoms. The summed E-state index contributed by atoms with van der Waals surface area (Å²) in [6.07, 6.45) is 3.81. The molecule has 0 atom stereocenters. The van der Waals surface area contributed by atoms with Gasteiger partial charge in [-0.05, 0) is 31.4 Å². The zero-order valence-corrected chi connectivity index (χ0v) is 14.2. The second-order valence-corrected chi connectivity index (χ2v) is 6.76. The molecule has 2 aliphatic heterocycles. The fraction of sp³-hybridized carbons (Fsp3) is 0.706. The highest BCUT2D eigenvalue weighted by Crippen LogP contribution is 2.20. The van der Waals surface area contributed by atoms with E-state index in [1.54, 1.807) is 0 Å². The van der Waals surface area contributed by atoms with Gasteiger partial charge in [-0.2, -0.15) is 0 Å². The lowest BCUT2D eigenvalue weighted by atomic mass is 10.1. The van der Waals surface area contributed by atoms with Crippen molar-refractivity contribution in [3.8, 4) is 0 Å². The first-order valence-electron chi connectivity index (χ1n) is 8.77. The van der Waals surface area contributed by atoms with Gasteiger partial charge in [-0.15, -0.1) is 10.2 Å². The minimum atomic E-state index is 0.0742. The fourth-order valence-electron chi connectivity index (χ4n) is 3.30. The zero-order chi connectivity index (χ0) is 16.2. The molecular formula is C17H27N5O. The van der Waals surface area contributed by atoms with Crippen molar-refractivity contribution in [1.29, 1.82) is 0 Å². The Morgan fingerprint density at radius 2 is 1.39 bits per heavy atom. The molecule has 3 heterocycles. The van der Waals surface area contributed by atoms with Gasteiger partial charge in [0, 0.05) is 45.2 Å². The van der Waals surface area contributed by atoms with Crippen molar-refractivity contribution in [2.24, 2.45) is 5.92 Å². The number of anilines is 2. The van der Waals surface area contributed by atoms with Gasteiger partial charge in [0.25, 0.3) is 0 Å².